The third-order valence-electron chi connectivity index (χ3n) is 5.79. The van der Waals surface area contributed by atoms with Gasteiger partial charge in [0.05, 0.1) is 11.4 Å². The minimum Gasteiger partial charge on any atom is -0.507 e. The quantitative estimate of drug-likeness (QED) is 0.292. The lowest BCUT2D eigenvalue weighted by Gasteiger charge is -2.21. The van der Waals surface area contributed by atoms with Gasteiger partial charge >= 0.3 is 0 Å². The summed E-state index contributed by atoms with van der Waals surface area (Å²) in [5.74, 6) is 0.490. The van der Waals surface area contributed by atoms with Crippen molar-refractivity contribution in [2.75, 3.05) is 0 Å². The van der Waals surface area contributed by atoms with Gasteiger partial charge < -0.3 is 10.2 Å². The van der Waals surface area contributed by atoms with Gasteiger partial charge in [0.1, 0.15) is 11.5 Å². The Hall–Kier alpha value is -4.18. The molecule has 0 saturated carbocycles. The van der Waals surface area contributed by atoms with Crippen LogP contribution in [0.1, 0.15) is 48.6 Å². The molecule has 0 amide bonds. The molecule has 0 saturated heterocycles. The average molecular weight is 463 g/mol. The van der Waals surface area contributed by atoms with Crippen molar-refractivity contribution < 1.29 is 10.2 Å². The maximum absolute atomic E-state index is 10.8. The minimum absolute atomic E-state index is 0.157. The molecule has 4 heteroatoms. The number of benzene rings is 4. The molecule has 0 atom stereocenters. The topological polar surface area (TPSA) is 65.2 Å². The molecule has 0 bridgehead atoms. The number of hydrogen-bond acceptors (Lipinski definition) is 4. The summed E-state index contributed by atoms with van der Waals surface area (Å²) in [5.41, 5.74) is 5.56. The zero-order chi connectivity index (χ0) is 24.8. The molecule has 35 heavy (non-hydrogen) atoms. The van der Waals surface area contributed by atoms with E-state index in [2.05, 4.69) is 30.8 Å². The predicted molar refractivity (Wildman–Crippen MR) is 145 cm³/mol. The van der Waals surface area contributed by atoms with Gasteiger partial charge in [0, 0.05) is 30.0 Å². The molecule has 4 aromatic rings. The fourth-order valence-corrected chi connectivity index (χ4v) is 3.90. The molecule has 0 fully saturated rings. The molecule has 0 unspecified atom stereocenters. The normalized spacial score (nSPS) is 12.0. The third-order valence-corrected chi connectivity index (χ3v) is 5.79. The van der Waals surface area contributed by atoms with E-state index < -0.39 is 0 Å². The molecule has 2 N–H and O–H groups in total. The van der Waals surface area contributed by atoms with Crippen LogP contribution in [0, 0.1) is 0 Å². The summed E-state index contributed by atoms with van der Waals surface area (Å²) in [4.78, 5) is 9.05. The van der Waals surface area contributed by atoms with Crippen LogP contribution in [0.4, 0.5) is 11.4 Å². The molecule has 4 aromatic carbocycles. The minimum atomic E-state index is -0.157. The van der Waals surface area contributed by atoms with Crippen LogP contribution in [-0.4, -0.2) is 22.6 Å². The van der Waals surface area contributed by atoms with Crippen LogP contribution in [-0.2, 0) is 11.8 Å². The monoisotopic (exact) mass is 462 g/mol. The van der Waals surface area contributed by atoms with E-state index in [1.807, 2.05) is 91.0 Å². The highest BCUT2D eigenvalue weighted by atomic mass is 16.3. The third kappa shape index (κ3) is 6.04. The Bertz CT molecular complexity index is 1370. The summed E-state index contributed by atoms with van der Waals surface area (Å²) in [6.45, 7) is 6.22. The number of aliphatic imine (C=N–C) groups is 2. The molecular weight excluding hydrogens is 432 g/mol. The van der Waals surface area contributed by atoms with Gasteiger partial charge in [-0.15, -0.1) is 0 Å². The second kappa shape index (κ2) is 10.4. The van der Waals surface area contributed by atoms with E-state index in [1.54, 1.807) is 12.4 Å². The van der Waals surface area contributed by atoms with E-state index in [9.17, 15) is 10.2 Å². The first-order chi connectivity index (χ1) is 16.8. The molecule has 0 heterocycles. The Balaban J connectivity index is 1.53. The van der Waals surface area contributed by atoms with Gasteiger partial charge in [-0.2, -0.15) is 0 Å². The molecule has 0 aromatic heterocycles. The van der Waals surface area contributed by atoms with Crippen molar-refractivity contribution in [3.8, 4) is 11.5 Å². The number of aromatic hydroxyl groups is 2. The van der Waals surface area contributed by atoms with Crippen LogP contribution in [0.2, 0.25) is 0 Å². The number of phenolic OH excluding ortho intramolecular Hbond substituents is 2. The van der Waals surface area contributed by atoms with Crippen LogP contribution in [0.3, 0.4) is 0 Å². The first-order valence-electron chi connectivity index (χ1n) is 11.7. The van der Waals surface area contributed by atoms with E-state index in [-0.39, 0.29) is 16.9 Å². The maximum atomic E-state index is 10.8. The van der Waals surface area contributed by atoms with Crippen LogP contribution in [0.25, 0.3) is 0 Å². The molecule has 0 aliphatic rings. The fourth-order valence-electron chi connectivity index (χ4n) is 3.90. The number of hydrogen-bond donors (Lipinski definition) is 2. The van der Waals surface area contributed by atoms with Gasteiger partial charge in [0.25, 0.3) is 0 Å². The second-order valence-corrected chi connectivity index (χ2v) is 9.55. The standard InChI is InChI=1S/C31H30N2O2/c1-31(2,3)28-17-9-13-25(30(28)35)21-33-27-16-7-10-22(19-27)18-23-11-8-12-24(29(23)34)20-32-26-14-5-4-6-15-26/h4-17,19-21,34-35H,18H2,1-3H3. The molecule has 0 aliphatic carbocycles. The van der Waals surface area contributed by atoms with Gasteiger partial charge in [0.15, 0.2) is 0 Å². The SMILES string of the molecule is CC(C)(C)c1cccc(C=Nc2cccc(Cc3cccc(C=Nc4ccccc4)c3O)c2)c1O. The van der Waals surface area contributed by atoms with Crippen molar-refractivity contribution in [1.82, 2.24) is 0 Å². The van der Waals surface area contributed by atoms with E-state index in [1.165, 1.54) is 0 Å². The molecule has 176 valence electrons. The van der Waals surface area contributed by atoms with E-state index in [4.69, 9.17) is 0 Å². The molecule has 4 nitrogen and oxygen atoms in total. The first kappa shape index (κ1) is 24.0. The summed E-state index contributed by atoms with van der Waals surface area (Å²) >= 11 is 0. The highest BCUT2D eigenvalue weighted by molar-refractivity contribution is 5.87. The van der Waals surface area contributed by atoms with Gasteiger partial charge in [-0.1, -0.05) is 75.4 Å². The lowest BCUT2D eigenvalue weighted by Crippen LogP contribution is -2.11. The Morgan fingerprint density at radius 1 is 0.657 bits per heavy atom. The lowest BCUT2D eigenvalue weighted by atomic mass is 9.85. The first-order valence-corrected chi connectivity index (χ1v) is 11.7. The largest absolute Gasteiger partial charge is 0.507 e. The molecule has 0 spiro atoms. The van der Waals surface area contributed by atoms with E-state index in [0.717, 1.165) is 28.1 Å². The highest BCUT2D eigenvalue weighted by Gasteiger charge is 2.19. The van der Waals surface area contributed by atoms with Gasteiger partial charge in [-0.25, -0.2) is 0 Å². The Morgan fingerprint density at radius 3 is 1.97 bits per heavy atom. The summed E-state index contributed by atoms with van der Waals surface area (Å²) < 4.78 is 0. The number of phenols is 2. The molecular formula is C31H30N2O2. The Labute approximate surface area is 207 Å². The Kier molecular flexibility index (Phi) is 7.11. The maximum Gasteiger partial charge on any atom is 0.128 e. The van der Waals surface area contributed by atoms with Gasteiger partial charge in [0.2, 0.25) is 0 Å². The van der Waals surface area contributed by atoms with Crippen LogP contribution in [0.5, 0.6) is 11.5 Å². The summed E-state index contributed by atoms with van der Waals surface area (Å²) in [7, 11) is 0. The summed E-state index contributed by atoms with van der Waals surface area (Å²) in [6, 6.07) is 29.0. The highest BCUT2D eigenvalue weighted by Crippen LogP contribution is 2.32. The van der Waals surface area contributed by atoms with Crippen molar-refractivity contribution >= 4 is 23.8 Å². The van der Waals surface area contributed by atoms with E-state index in [0.29, 0.717) is 17.5 Å². The zero-order valence-corrected chi connectivity index (χ0v) is 20.3. The van der Waals surface area contributed by atoms with Crippen LogP contribution >= 0.6 is 0 Å². The number of rotatable bonds is 6. The van der Waals surface area contributed by atoms with E-state index >= 15 is 0 Å². The predicted octanol–water partition coefficient (Wildman–Crippen LogP) is 7.49. The summed E-state index contributed by atoms with van der Waals surface area (Å²) in [5, 5.41) is 21.5. The summed E-state index contributed by atoms with van der Waals surface area (Å²) in [6.07, 6.45) is 3.95. The van der Waals surface area contributed by atoms with Crippen molar-refractivity contribution in [1.29, 1.82) is 0 Å². The number of para-hydroxylation sites is 3. The average Bonchev–Trinajstić information content (AvgIpc) is 2.84. The van der Waals surface area contributed by atoms with Crippen LogP contribution in [0.15, 0.2) is 101 Å². The molecule has 0 radical (unpaired) electrons. The number of nitrogens with zero attached hydrogens (tertiary/aromatic N) is 2. The molecule has 0 aliphatic heterocycles. The molecule has 4 rings (SSSR count). The lowest BCUT2D eigenvalue weighted by molar-refractivity contribution is 0.446. The zero-order valence-electron chi connectivity index (χ0n) is 20.3. The van der Waals surface area contributed by atoms with Crippen molar-refractivity contribution in [3.05, 3.63) is 119 Å². The Morgan fingerprint density at radius 2 is 1.26 bits per heavy atom. The van der Waals surface area contributed by atoms with Gasteiger partial charge in [-0.05, 0) is 58.5 Å². The van der Waals surface area contributed by atoms with Crippen molar-refractivity contribution in [2.45, 2.75) is 32.6 Å². The second-order valence-electron chi connectivity index (χ2n) is 9.55. The van der Waals surface area contributed by atoms with Gasteiger partial charge in [-0.3, -0.25) is 9.98 Å². The van der Waals surface area contributed by atoms with Crippen molar-refractivity contribution in [3.63, 3.8) is 0 Å². The smallest absolute Gasteiger partial charge is 0.128 e. The fraction of sp³-hybridized carbons (Fsp3) is 0.161. The van der Waals surface area contributed by atoms with Crippen LogP contribution < -0.4 is 0 Å². The van der Waals surface area contributed by atoms with Crippen molar-refractivity contribution in [2.24, 2.45) is 9.98 Å².